The molecule has 4 nitrogen and oxygen atoms in total. The minimum absolute atomic E-state index is 0. The van der Waals surface area contributed by atoms with E-state index in [1.54, 1.807) is 25.7 Å². The molecule has 0 atom stereocenters. The zero-order chi connectivity index (χ0) is 10.9. The summed E-state index contributed by atoms with van der Waals surface area (Å²) in [5.74, 6) is -0.106. The number of hydrogen-bond donors (Lipinski definition) is 0. The van der Waals surface area contributed by atoms with Crippen LogP contribution in [0.4, 0.5) is 0 Å². The third-order valence-electron chi connectivity index (χ3n) is 1.60. The minimum atomic E-state index is -0.535. The molecule has 10 radical (unpaired) electrons. The standard InChI is InChI=1S/C6H4N3O.C5H5.Fe/c7-9-8-6(10)5-3-1-2-4-5;1-2-4-5-3-1;/h1-4H;1-5H;. The number of amides is 1. The molecule has 0 unspecified atom stereocenters. The van der Waals surface area contributed by atoms with Crippen LogP contribution in [0.1, 0.15) is 0 Å². The SMILES string of the molecule is [CH]1[CH][CH][CH][CH]1.[Fe].[N-]=[N+]=NC(=O)[C]1[CH][CH][CH][CH]1. The van der Waals surface area contributed by atoms with Crippen LogP contribution in [0.25, 0.3) is 10.4 Å². The van der Waals surface area contributed by atoms with E-state index in [2.05, 4.69) is 10.0 Å². The van der Waals surface area contributed by atoms with E-state index in [0.29, 0.717) is 5.92 Å². The Hall–Kier alpha value is -0.501. The zero-order valence-corrected chi connectivity index (χ0v) is 9.40. The van der Waals surface area contributed by atoms with Crippen LogP contribution in [0.15, 0.2) is 5.11 Å². The largest absolute Gasteiger partial charge is 0.292 e. The second kappa shape index (κ2) is 9.71. The summed E-state index contributed by atoms with van der Waals surface area (Å²) in [5, 5.41) is 2.91. The molecule has 0 spiro atoms. The fourth-order valence-corrected chi connectivity index (χ4v) is 0.936. The van der Waals surface area contributed by atoms with Crippen molar-refractivity contribution in [3.63, 3.8) is 0 Å². The van der Waals surface area contributed by atoms with Crippen molar-refractivity contribution in [2.75, 3.05) is 0 Å². The van der Waals surface area contributed by atoms with Gasteiger partial charge in [0.05, 0.1) is 5.92 Å². The molecule has 5 heteroatoms. The van der Waals surface area contributed by atoms with Crippen LogP contribution in [0.3, 0.4) is 0 Å². The Morgan fingerprint density at radius 3 is 1.81 bits per heavy atom. The van der Waals surface area contributed by atoms with Gasteiger partial charge < -0.3 is 0 Å². The number of rotatable bonds is 1. The van der Waals surface area contributed by atoms with Crippen LogP contribution in [0.2, 0.25) is 0 Å². The Kier molecular flexibility index (Phi) is 9.40. The summed E-state index contributed by atoms with van der Waals surface area (Å²) in [7, 11) is 0. The Labute approximate surface area is 107 Å². The average Bonchev–Trinajstić information content (AvgIpc) is 2.95. The molecular formula is C11H9FeN3O. The number of nitrogens with zero attached hydrogens (tertiary/aromatic N) is 3. The maximum Gasteiger partial charge on any atom is 0.226 e. The fraction of sp³-hybridized carbons (Fsp3) is 0. The Morgan fingerprint density at radius 1 is 1.00 bits per heavy atom. The van der Waals surface area contributed by atoms with Gasteiger partial charge in [-0.25, -0.2) is 0 Å². The summed E-state index contributed by atoms with van der Waals surface area (Å²) < 4.78 is 0. The molecule has 0 bridgehead atoms. The molecular weight excluding hydrogens is 246 g/mol. The third kappa shape index (κ3) is 6.16. The van der Waals surface area contributed by atoms with Gasteiger partial charge in [-0.2, -0.15) is 0 Å². The van der Waals surface area contributed by atoms with E-state index in [9.17, 15) is 4.79 Å². The summed E-state index contributed by atoms with van der Waals surface area (Å²) in [6.45, 7) is 0. The van der Waals surface area contributed by atoms with Gasteiger partial charge in [0.15, 0.2) is 0 Å². The Morgan fingerprint density at radius 2 is 1.44 bits per heavy atom. The molecule has 1 amide bonds. The van der Waals surface area contributed by atoms with Gasteiger partial charge in [0.25, 0.3) is 0 Å². The van der Waals surface area contributed by atoms with E-state index in [0.717, 1.165) is 0 Å². The van der Waals surface area contributed by atoms with E-state index in [4.69, 9.17) is 5.53 Å². The number of hydrogen-bond acceptors (Lipinski definition) is 1. The molecule has 2 aliphatic rings. The molecule has 16 heavy (non-hydrogen) atoms. The molecule has 0 saturated heterocycles. The molecule has 2 rings (SSSR count). The zero-order valence-electron chi connectivity index (χ0n) is 8.30. The molecule has 2 aliphatic carbocycles. The Bertz CT molecular complexity index is 234. The number of azide groups is 1. The first-order chi connectivity index (χ1) is 7.34. The predicted octanol–water partition coefficient (Wildman–Crippen LogP) is 2.25. The van der Waals surface area contributed by atoms with Gasteiger partial charge in [-0.15, -0.1) is 0 Å². The van der Waals surface area contributed by atoms with Gasteiger partial charge in [-0.1, -0.05) is 0 Å². The van der Waals surface area contributed by atoms with Crippen LogP contribution < -0.4 is 0 Å². The molecule has 0 heterocycles. The predicted molar refractivity (Wildman–Crippen MR) is 56.1 cm³/mol. The molecule has 0 N–H and O–H groups in total. The van der Waals surface area contributed by atoms with E-state index >= 15 is 0 Å². The van der Waals surface area contributed by atoms with Crippen molar-refractivity contribution in [2.45, 2.75) is 0 Å². The smallest absolute Gasteiger partial charge is 0.226 e. The minimum Gasteiger partial charge on any atom is -0.292 e. The van der Waals surface area contributed by atoms with Crippen LogP contribution in [0, 0.1) is 63.7 Å². The molecule has 0 aliphatic heterocycles. The second-order valence-electron chi connectivity index (χ2n) is 2.63. The fourth-order valence-electron chi connectivity index (χ4n) is 0.936. The molecule has 2 fully saturated rings. The Balaban J connectivity index is 0.000000318. The summed E-state index contributed by atoms with van der Waals surface area (Å²) >= 11 is 0. The van der Waals surface area contributed by atoms with Gasteiger partial charge in [-0.3, -0.25) is 4.79 Å². The van der Waals surface area contributed by atoms with Crippen LogP contribution >= 0.6 is 0 Å². The maximum absolute atomic E-state index is 10.7. The van der Waals surface area contributed by atoms with Gasteiger partial charge >= 0.3 is 0 Å². The first kappa shape index (κ1) is 15.5. The van der Waals surface area contributed by atoms with Crippen molar-refractivity contribution in [1.82, 2.24) is 0 Å². The van der Waals surface area contributed by atoms with Crippen molar-refractivity contribution in [3.8, 4) is 0 Å². The van der Waals surface area contributed by atoms with Gasteiger partial charge in [0, 0.05) is 22.0 Å². The monoisotopic (exact) mass is 255 g/mol. The number of carbonyl (C=O) groups excluding carboxylic acids is 1. The van der Waals surface area contributed by atoms with Gasteiger partial charge in [0.1, 0.15) is 0 Å². The molecule has 82 valence electrons. The average molecular weight is 255 g/mol. The van der Waals surface area contributed by atoms with Crippen LogP contribution in [0.5, 0.6) is 0 Å². The van der Waals surface area contributed by atoms with Crippen molar-refractivity contribution < 1.29 is 21.9 Å². The number of carbonyl (C=O) groups is 1. The quantitative estimate of drug-likeness (QED) is 0.306. The molecule has 0 aromatic carbocycles. The molecule has 0 aromatic rings. The van der Waals surface area contributed by atoms with E-state index in [1.807, 2.05) is 32.1 Å². The van der Waals surface area contributed by atoms with E-state index in [1.165, 1.54) is 0 Å². The van der Waals surface area contributed by atoms with Gasteiger partial charge in [-0.05, 0) is 68.4 Å². The van der Waals surface area contributed by atoms with E-state index in [-0.39, 0.29) is 17.1 Å². The summed E-state index contributed by atoms with van der Waals surface area (Å²) in [5.41, 5.74) is 7.87. The van der Waals surface area contributed by atoms with Crippen molar-refractivity contribution >= 4 is 5.91 Å². The molecule has 0 aromatic heterocycles. The summed E-state index contributed by atoms with van der Waals surface area (Å²) in [6.07, 6.45) is 16.6. The van der Waals surface area contributed by atoms with Crippen molar-refractivity contribution in [1.29, 1.82) is 0 Å². The third-order valence-corrected chi connectivity index (χ3v) is 1.60. The van der Waals surface area contributed by atoms with Crippen LogP contribution in [-0.4, -0.2) is 5.91 Å². The van der Waals surface area contributed by atoms with Gasteiger partial charge in [0.2, 0.25) is 5.91 Å². The van der Waals surface area contributed by atoms with E-state index < -0.39 is 5.91 Å². The summed E-state index contributed by atoms with van der Waals surface area (Å²) in [6, 6.07) is 0. The van der Waals surface area contributed by atoms with Crippen molar-refractivity contribution in [2.24, 2.45) is 5.11 Å². The molecule has 2 saturated carbocycles. The van der Waals surface area contributed by atoms with Crippen LogP contribution in [-0.2, 0) is 21.9 Å². The van der Waals surface area contributed by atoms with Crippen molar-refractivity contribution in [3.05, 3.63) is 74.1 Å². The first-order valence-corrected chi connectivity index (χ1v) is 4.32. The second-order valence-corrected chi connectivity index (χ2v) is 2.63. The topological polar surface area (TPSA) is 65.8 Å². The normalized spacial score (nSPS) is 19.0. The summed E-state index contributed by atoms with van der Waals surface area (Å²) in [4.78, 5) is 13.1. The first-order valence-electron chi connectivity index (χ1n) is 4.32. The maximum atomic E-state index is 10.7.